The Kier molecular flexibility index (Phi) is 8.72. The number of benzene rings is 2. The van der Waals surface area contributed by atoms with E-state index >= 15 is 0 Å². The molecule has 0 unspecified atom stereocenters. The van der Waals surface area contributed by atoms with E-state index in [1.807, 2.05) is 0 Å². The minimum Gasteiger partial charge on any atom is -0.483 e. The third-order valence-electron chi connectivity index (χ3n) is 4.43. The molecule has 2 N–H and O–H groups in total. The zero-order valence-corrected chi connectivity index (χ0v) is 18.0. The van der Waals surface area contributed by atoms with Crippen LogP contribution in [0.25, 0.3) is 0 Å². The van der Waals surface area contributed by atoms with E-state index in [-0.39, 0.29) is 36.1 Å². The van der Waals surface area contributed by atoms with Gasteiger partial charge in [0, 0.05) is 25.9 Å². The van der Waals surface area contributed by atoms with E-state index in [1.54, 1.807) is 55.8 Å². The summed E-state index contributed by atoms with van der Waals surface area (Å²) < 4.78 is 29.5. The zero-order valence-electron chi connectivity index (χ0n) is 18.0. The fourth-order valence-corrected chi connectivity index (χ4v) is 2.78. The van der Waals surface area contributed by atoms with Crippen LogP contribution in [0.15, 0.2) is 66.9 Å². The second-order valence-electron chi connectivity index (χ2n) is 6.84. The molecule has 8 nitrogen and oxygen atoms in total. The number of hydrogen-bond donors (Lipinski definition) is 2. The number of hydrogen-bond acceptors (Lipinski definition) is 6. The first-order valence-electron chi connectivity index (χ1n) is 10.2. The molecular weight excluding hydrogens is 429 g/mol. The maximum atomic E-state index is 13.7. The van der Waals surface area contributed by atoms with Crippen molar-refractivity contribution >= 4 is 17.5 Å². The molecule has 0 atom stereocenters. The average molecular weight is 453 g/mol. The minimum absolute atomic E-state index is 0.0563. The van der Waals surface area contributed by atoms with Crippen molar-refractivity contribution in [3.63, 3.8) is 0 Å². The molecule has 2 amide bonds. The number of methoxy groups -OCH3 is 1. The van der Waals surface area contributed by atoms with E-state index in [0.717, 1.165) is 5.56 Å². The molecule has 172 valence electrons. The van der Waals surface area contributed by atoms with Crippen molar-refractivity contribution in [3.8, 4) is 11.6 Å². The predicted molar refractivity (Wildman–Crippen MR) is 120 cm³/mol. The summed E-state index contributed by atoms with van der Waals surface area (Å²) in [6.07, 6.45) is 1.61. The quantitative estimate of drug-likeness (QED) is 0.433. The Morgan fingerprint density at radius 1 is 0.970 bits per heavy atom. The molecule has 1 aromatic heterocycles. The number of amides is 2. The van der Waals surface area contributed by atoms with Crippen molar-refractivity contribution < 1.29 is 28.2 Å². The topological polar surface area (TPSA) is 98.8 Å². The molecule has 0 bridgehead atoms. The average Bonchev–Trinajstić information content (AvgIpc) is 2.84. The molecule has 0 radical (unpaired) electrons. The Labute approximate surface area is 190 Å². The van der Waals surface area contributed by atoms with Gasteiger partial charge in [0.05, 0.1) is 17.9 Å². The molecule has 0 aliphatic rings. The largest absolute Gasteiger partial charge is 0.483 e. The van der Waals surface area contributed by atoms with Crippen LogP contribution in [0.4, 0.5) is 10.1 Å². The summed E-state index contributed by atoms with van der Waals surface area (Å²) in [6.45, 7) is 0.722. The Morgan fingerprint density at radius 3 is 2.52 bits per heavy atom. The number of carbonyl (C=O) groups excluding carboxylic acids is 2. The first kappa shape index (κ1) is 23.7. The highest BCUT2D eigenvalue weighted by Crippen LogP contribution is 2.19. The van der Waals surface area contributed by atoms with E-state index in [2.05, 4.69) is 15.6 Å². The van der Waals surface area contributed by atoms with Crippen LogP contribution in [0.3, 0.4) is 0 Å². The lowest BCUT2D eigenvalue weighted by Crippen LogP contribution is -2.25. The maximum absolute atomic E-state index is 13.7. The Bertz CT molecular complexity index is 1080. The van der Waals surface area contributed by atoms with Crippen LogP contribution in [0.2, 0.25) is 0 Å². The van der Waals surface area contributed by atoms with Gasteiger partial charge in [-0.25, -0.2) is 9.37 Å². The smallest absolute Gasteiger partial charge is 0.262 e. The number of pyridine rings is 1. The highest BCUT2D eigenvalue weighted by molar-refractivity contribution is 5.97. The third kappa shape index (κ3) is 7.29. The molecule has 0 spiro atoms. The summed E-state index contributed by atoms with van der Waals surface area (Å²) in [5.41, 5.74) is 1.11. The van der Waals surface area contributed by atoms with E-state index in [9.17, 15) is 14.0 Å². The summed E-state index contributed by atoms with van der Waals surface area (Å²) in [6, 6.07) is 15.9. The number of rotatable bonds is 11. The summed E-state index contributed by atoms with van der Waals surface area (Å²) in [4.78, 5) is 29.0. The number of para-hydroxylation sites is 2. The van der Waals surface area contributed by atoms with E-state index in [1.165, 1.54) is 18.2 Å². The van der Waals surface area contributed by atoms with Gasteiger partial charge in [-0.05, 0) is 29.8 Å². The molecule has 0 fully saturated rings. The van der Waals surface area contributed by atoms with E-state index < -0.39 is 11.7 Å². The molecule has 2 aromatic carbocycles. The molecule has 9 heteroatoms. The highest BCUT2D eigenvalue weighted by Gasteiger charge is 2.14. The summed E-state index contributed by atoms with van der Waals surface area (Å²) in [5.74, 6) is -0.766. The number of halogens is 1. The Morgan fingerprint density at radius 2 is 1.76 bits per heavy atom. The number of nitrogens with one attached hydrogen (secondary N) is 2. The van der Waals surface area contributed by atoms with Crippen molar-refractivity contribution in [3.05, 3.63) is 83.8 Å². The van der Waals surface area contributed by atoms with Crippen LogP contribution in [-0.2, 0) is 16.1 Å². The lowest BCUT2D eigenvalue weighted by atomic mass is 10.2. The van der Waals surface area contributed by atoms with Crippen molar-refractivity contribution in [1.29, 1.82) is 0 Å². The third-order valence-corrected chi connectivity index (χ3v) is 4.43. The molecular formula is C24H24FN3O5. The Hall–Kier alpha value is -3.98. The second-order valence-corrected chi connectivity index (χ2v) is 6.84. The molecule has 3 rings (SSSR count). The van der Waals surface area contributed by atoms with Gasteiger partial charge in [0.1, 0.15) is 18.2 Å². The first-order chi connectivity index (χ1) is 16.1. The van der Waals surface area contributed by atoms with Crippen LogP contribution >= 0.6 is 0 Å². The normalized spacial score (nSPS) is 10.4. The monoisotopic (exact) mass is 453 g/mol. The predicted octanol–water partition coefficient (Wildman–Crippen LogP) is 3.19. The van der Waals surface area contributed by atoms with E-state index in [0.29, 0.717) is 19.1 Å². The number of anilines is 1. The van der Waals surface area contributed by atoms with E-state index in [4.69, 9.17) is 14.2 Å². The van der Waals surface area contributed by atoms with Gasteiger partial charge in [-0.3, -0.25) is 9.59 Å². The molecule has 33 heavy (non-hydrogen) atoms. The van der Waals surface area contributed by atoms with Gasteiger partial charge in [0.2, 0.25) is 5.88 Å². The zero-order chi connectivity index (χ0) is 23.5. The van der Waals surface area contributed by atoms with Crippen LogP contribution in [0.1, 0.15) is 15.9 Å². The van der Waals surface area contributed by atoms with Gasteiger partial charge in [-0.15, -0.1) is 0 Å². The van der Waals surface area contributed by atoms with Gasteiger partial charge < -0.3 is 24.8 Å². The molecule has 1 heterocycles. The fourth-order valence-electron chi connectivity index (χ4n) is 2.78. The summed E-state index contributed by atoms with van der Waals surface area (Å²) >= 11 is 0. The number of carbonyl (C=O) groups is 2. The summed E-state index contributed by atoms with van der Waals surface area (Å²) in [7, 11) is 1.59. The van der Waals surface area contributed by atoms with Crippen molar-refractivity contribution in [2.24, 2.45) is 0 Å². The van der Waals surface area contributed by atoms with Gasteiger partial charge in [0.25, 0.3) is 11.8 Å². The minimum atomic E-state index is -0.547. The number of nitrogens with zero attached hydrogens (tertiary/aromatic N) is 1. The van der Waals surface area contributed by atoms with Gasteiger partial charge in [-0.2, -0.15) is 0 Å². The summed E-state index contributed by atoms with van der Waals surface area (Å²) in [5, 5.41) is 5.23. The molecule has 0 saturated carbocycles. The van der Waals surface area contributed by atoms with Gasteiger partial charge in [0.15, 0.2) is 6.61 Å². The maximum Gasteiger partial charge on any atom is 0.262 e. The first-order valence-corrected chi connectivity index (χ1v) is 10.2. The lowest BCUT2D eigenvalue weighted by Gasteiger charge is -2.12. The van der Waals surface area contributed by atoms with Crippen LogP contribution in [-0.4, -0.2) is 43.7 Å². The van der Waals surface area contributed by atoms with Crippen molar-refractivity contribution in [1.82, 2.24) is 10.3 Å². The van der Waals surface area contributed by atoms with Crippen molar-refractivity contribution in [2.75, 3.05) is 32.2 Å². The van der Waals surface area contributed by atoms with Crippen molar-refractivity contribution in [2.45, 2.75) is 6.54 Å². The Balaban J connectivity index is 1.53. The van der Waals surface area contributed by atoms with Gasteiger partial charge in [-0.1, -0.05) is 30.3 Å². The fraction of sp³-hybridized carbons (Fsp3) is 0.208. The SMILES string of the molecule is COCCOc1ccc(CNC(=O)c2ccccc2OCC(=O)Nc2ccccc2F)cn1. The van der Waals surface area contributed by atoms with Crippen LogP contribution in [0.5, 0.6) is 11.6 Å². The standard InChI is InChI=1S/C24H24FN3O5/c1-31-12-13-32-23-11-10-17(14-26-23)15-27-24(30)18-6-2-5-9-21(18)33-16-22(29)28-20-8-4-3-7-19(20)25/h2-11,14H,12-13,15-16H2,1H3,(H,27,30)(H,28,29). The van der Waals surface area contributed by atoms with Crippen LogP contribution < -0.4 is 20.1 Å². The van der Waals surface area contributed by atoms with Crippen LogP contribution in [0, 0.1) is 5.82 Å². The number of aromatic nitrogens is 1. The molecule has 0 aliphatic carbocycles. The lowest BCUT2D eigenvalue weighted by molar-refractivity contribution is -0.118. The number of ether oxygens (including phenoxy) is 3. The second kappa shape index (κ2) is 12.2. The highest BCUT2D eigenvalue weighted by atomic mass is 19.1. The molecule has 3 aromatic rings. The molecule has 0 aliphatic heterocycles. The molecule has 0 saturated heterocycles. The van der Waals surface area contributed by atoms with Gasteiger partial charge >= 0.3 is 0 Å².